The highest BCUT2D eigenvalue weighted by atomic mass is 19.1. The minimum atomic E-state index is -0.111. The zero-order valence-corrected chi connectivity index (χ0v) is 11.5. The van der Waals surface area contributed by atoms with Gasteiger partial charge in [-0.3, -0.25) is 0 Å². The second-order valence-electron chi connectivity index (χ2n) is 5.31. The van der Waals surface area contributed by atoms with Crippen molar-refractivity contribution in [2.75, 3.05) is 25.0 Å². The molecule has 1 unspecified atom stereocenters. The van der Waals surface area contributed by atoms with E-state index in [9.17, 15) is 4.39 Å². The fourth-order valence-corrected chi connectivity index (χ4v) is 2.31. The van der Waals surface area contributed by atoms with Crippen LogP contribution in [0.15, 0.2) is 18.2 Å². The van der Waals surface area contributed by atoms with Crippen molar-refractivity contribution >= 4 is 5.69 Å². The van der Waals surface area contributed by atoms with Crippen LogP contribution in [0.3, 0.4) is 0 Å². The quantitative estimate of drug-likeness (QED) is 0.833. The number of hydrogen-bond donors (Lipinski definition) is 1. The van der Waals surface area contributed by atoms with E-state index < -0.39 is 0 Å². The molecule has 100 valence electrons. The molecule has 1 aromatic rings. The monoisotopic (exact) mass is 250 g/mol. The van der Waals surface area contributed by atoms with Crippen molar-refractivity contribution in [3.63, 3.8) is 0 Å². The van der Waals surface area contributed by atoms with Gasteiger partial charge in [0.25, 0.3) is 0 Å². The number of hydrogen-bond acceptors (Lipinski definition) is 2. The molecular formula is C15H23FN2. The molecule has 1 atom stereocenters. The van der Waals surface area contributed by atoms with Gasteiger partial charge < -0.3 is 10.2 Å². The molecule has 3 heteroatoms. The van der Waals surface area contributed by atoms with Crippen LogP contribution in [0.4, 0.5) is 10.1 Å². The van der Waals surface area contributed by atoms with E-state index in [0.29, 0.717) is 5.69 Å². The van der Waals surface area contributed by atoms with Crippen molar-refractivity contribution in [3.8, 4) is 0 Å². The van der Waals surface area contributed by atoms with Crippen LogP contribution in [0.2, 0.25) is 0 Å². The fraction of sp³-hybridized carbons (Fsp3) is 0.600. The lowest BCUT2D eigenvalue weighted by Gasteiger charge is -2.21. The van der Waals surface area contributed by atoms with Gasteiger partial charge in [-0.2, -0.15) is 0 Å². The summed E-state index contributed by atoms with van der Waals surface area (Å²) in [6, 6.07) is 5.79. The Morgan fingerprint density at radius 3 is 2.72 bits per heavy atom. The molecule has 0 bridgehead atoms. The number of rotatable bonds is 6. The van der Waals surface area contributed by atoms with Gasteiger partial charge in [-0.25, -0.2) is 4.39 Å². The molecule has 0 aliphatic heterocycles. The predicted octanol–water partition coefficient (Wildman–Crippen LogP) is 3.34. The van der Waals surface area contributed by atoms with Gasteiger partial charge >= 0.3 is 0 Å². The third-order valence-electron chi connectivity index (χ3n) is 3.62. The molecule has 1 saturated carbocycles. The minimum Gasteiger partial charge on any atom is -0.372 e. The van der Waals surface area contributed by atoms with Crippen LogP contribution in [0.5, 0.6) is 0 Å². The molecule has 2 rings (SSSR count). The van der Waals surface area contributed by atoms with E-state index in [-0.39, 0.29) is 11.9 Å². The van der Waals surface area contributed by atoms with Crippen molar-refractivity contribution in [1.29, 1.82) is 0 Å². The molecule has 0 radical (unpaired) electrons. The second-order valence-corrected chi connectivity index (χ2v) is 5.31. The average molecular weight is 250 g/mol. The lowest BCUT2D eigenvalue weighted by atomic mass is 10.1. The summed E-state index contributed by atoms with van der Waals surface area (Å²) >= 11 is 0. The van der Waals surface area contributed by atoms with E-state index in [1.807, 2.05) is 24.1 Å². The van der Waals surface area contributed by atoms with Crippen molar-refractivity contribution < 1.29 is 4.39 Å². The molecule has 0 heterocycles. The van der Waals surface area contributed by atoms with Crippen LogP contribution in [-0.2, 0) is 0 Å². The summed E-state index contributed by atoms with van der Waals surface area (Å²) in [6.07, 6.45) is 2.59. The van der Waals surface area contributed by atoms with E-state index in [2.05, 4.69) is 19.2 Å². The molecule has 1 aliphatic carbocycles. The summed E-state index contributed by atoms with van der Waals surface area (Å²) in [4.78, 5) is 2.04. The van der Waals surface area contributed by atoms with E-state index >= 15 is 0 Å². The summed E-state index contributed by atoms with van der Waals surface area (Å²) in [5.41, 5.74) is 1.73. The maximum absolute atomic E-state index is 14.1. The largest absolute Gasteiger partial charge is 0.372 e. The maximum Gasteiger partial charge on any atom is 0.146 e. The molecule has 2 nitrogen and oxygen atoms in total. The van der Waals surface area contributed by atoms with Crippen molar-refractivity contribution in [1.82, 2.24) is 5.32 Å². The molecule has 0 saturated heterocycles. The van der Waals surface area contributed by atoms with Gasteiger partial charge in [0.1, 0.15) is 5.82 Å². The van der Waals surface area contributed by atoms with Crippen LogP contribution in [0.1, 0.15) is 38.3 Å². The van der Waals surface area contributed by atoms with E-state index in [1.165, 1.54) is 12.8 Å². The van der Waals surface area contributed by atoms with Crippen LogP contribution in [0, 0.1) is 11.7 Å². The van der Waals surface area contributed by atoms with Crippen molar-refractivity contribution in [2.24, 2.45) is 5.92 Å². The topological polar surface area (TPSA) is 15.3 Å². The van der Waals surface area contributed by atoms with Crippen LogP contribution in [0.25, 0.3) is 0 Å². The number of benzene rings is 1. The zero-order chi connectivity index (χ0) is 13.1. The first-order chi connectivity index (χ1) is 8.61. The first-order valence-electron chi connectivity index (χ1n) is 6.85. The van der Waals surface area contributed by atoms with Crippen molar-refractivity contribution in [3.05, 3.63) is 29.6 Å². The molecule has 18 heavy (non-hydrogen) atoms. The van der Waals surface area contributed by atoms with Gasteiger partial charge in [0.2, 0.25) is 0 Å². The van der Waals surface area contributed by atoms with E-state index in [4.69, 9.17) is 0 Å². The van der Waals surface area contributed by atoms with Gasteiger partial charge in [0.05, 0.1) is 5.69 Å². The highest BCUT2D eigenvalue weighted by Crippen LogP contribution is 2.32. The highest BCUT2D eigenvalue weighted by molar-refractivity contribution is 5.49. The molecule has 0 aromatic heterocycles. The lowest BCUT2D eigenvalue weighted by molar-refractivity contribution is 0.581. The summed E-state index contributed by atoms with van der Waals surface area (Å²) in [5.74, 6) is 0.662. The predicted molar refractivity (Wildman–Crippen MR) is 74.5 cm³/mol. The van der Waals surface area contributed by atoms with E-state index in [1.54, 1.807) is 6.07 Å². The summed E-state index contributed by atoms with van der Waals surface area (Å²) < 4.78 is 14.1. The minimum absolute atomic E-state index is 0.111. The third kappa shape index (κ3) is 3.22. The second kappa shape index (κ2) is 5.70. The molecular weight excluding hydrogens is 227 g/mol. The first kappa shape index (κ1) is 13.3. The van der Waals surface area contributed by atoms with Crippen LogP contribution < -0.4 is 10.2 Å². The highest BCUT2D eigenvalue weighted by Gasteiger charge is 2.24. The zero-order valence-electron chi connectivity index (χ0n) is 11.5. The first-order valence-corrected chi connectivity index (χ1v) is 6.85. The summed E-state index contributed by atoms with van der Waals surface area (Å²) in [6.45, 7) is 5.99. The van der Waals surface area contributed by atoms with Crippen molar-refractivity contribution in [2.45, 2.75) is 32.7 Å². The van der Waals surface area contributed by atoms with Gasteiger partial charge in [-0.05, 0) is 49.9 Å². The smallest absolute Gasteiger partial charge is 0.146 e. The molecule has 0 amide bonds. The lowest BCUT2D eigenvalue weighted by Crippen LogP contribution is -2.22. The molecule has 1 fully saturated rings. The summed E-state index contributed by atoms with van der Waals surface area (Å²) in [5, 5.41) is 3.30. The fourth-order valence-electron chi connectivity index (χ4n) is 2.31. The number of halogens is 1. The SMILES string of the molecule is CCNC(C)c1ccc(N(C)CC2CC2)c(F)c1. The Morgan fingerprint density at radius 1 is 1.44 bits per heavy atom. The van der Waals surface area contributed by atoms with Gasteiger partial charge in [0.15, 0.2) is 0 Å². The Labute approximate surface area is 109 Å². The van der Waals surface area contributed by atoms with Gasteiger partial charge in [-0.15, -0.1) is 0 Å². The average Bonchev–Trinajstić information content (AvgIpc) is 3.12. The summed E-state index contributed by atoms with van der Waals surface area (Å²) in [7, 11) is 1.98. The Hall–Kier alpha value is -1.09. The molecule has 1 aromatic carbocycles. The molecule has 0 spiro atoms. The standard InChI is InChI=1S/C15H23FN2/c1-4-17-11(2)13-7-8-15(14(16)9-13)18(3)10-12-5-6-12/h7-9,11-12,17H,4-6,10H2,1-3H3. The van der Waals surface area contributed by atoms with Crippen LogP contribution >= 0.6 is 0 Å². The molecule has 1 aliphatic rings. The van der Waals surface area contributed by atoms with Gasteiger partial charge in [0, 0.05) is 19.6 Å². The third-order valence-corrected chi connectivity index (χ3v) is 3.62. The van der Waals surface area contributed by atoms with Crippen LogP contribution in [-0.4, -0.2) is 20.1 Å². The molecule has 1 N–H and O–H groups in total. The Morgan fingerprint density at radius 2 is 2.17 bits per heavy atom. The normalized spacial score (nSPS) is 16.7. The van der Waals surface area contributed by atoms with Gasteiger partial charge in [-0.1, -0.05) is 13.0 Å². The Kier molecular flexibility index (Phi) is 4.23. The van der Waals surface area contributed by atoms with E-state index in [0.717, 1.165) is 24.6 Å². The number of nitrogens with one attached hydrogen (secondary N) is 1. The number of anilines is 1. The Bertz CT molecular complexity index is 401. The Balaban J connectivity index is 2.08. The maximum atomic E-state index is 14.1. The number of nitrogens with zero attached hydrogens (tertiary/aromatic N) is 1.